The molecule has 0 spiro atoms. The molecular weight excluding hydrogens is 693 g/mol. The van der Waals surface area contributed by atoms with E-state index in [9.17, 15) is 0 Å². The van der Waals surface area contributed by atoms with Gasteiger partial charge in [-0.05, 0) is 67.5 Å². The molecule has 2 heterocycles. The van der Waals surface area contributed by atoms with Gasteiger partial charge in [0.25, 0.3) is 0 Å². The fourth-order valence-corrected chi connectivity index (χ4v) is 9.10. The van der Waals surface area contributed by atoms with Crippen LogP contribution in [0.15, 0.2) is 194 Å². The van der Waals surface area contributed by atoms with Gasteiger partial charge in [0.2, 0.25) is 0 Å². The molecule has 57 heavy (non-hydrogen) atoms. The average Bonchev–Trinajstić information content (AvgIpc) is 3.66. The number of fused-ring (bicyclic) bond motifs is 6. The lowest BCUT2D eigenvalue weighted by atomic mass is 9.89. The maximum Gasteiger partial charge on any atom is 0.164 e. The Bertz CT molecular complexity index is 3440. The van der Waals surface area contributed by atoms with E-state index in [4.69, 9.17) is 15.0 Å². The first kappa shape index (κ1) is 31.6. The Kier molecular flexibility index (Phi) is 6.89. The molecule has 0 radical (unpaired) electrons. The van der Waals surface area contributed by atoms with E-state index in [1.54, 1.807) is 0 Å². The third kappa shape index (κ3) is 4.77. The number of nitrogens with zero attached hydrogens (tertiary/aromatic N) is 4. The van der Waals surface area contributed by atoms with Crippen LogP contribution in [-0.2, 0) is 0 Å². The summed E-state index contributed by atoms with van der Waals surface area (Å²) in [7, 11) is 0. The summed E-state index contributed by atoms with van der Waals surface area (Å²) in [6, 6.07) is 69.1. The number of aromatic nitrogens is 4. The van der Waals surface area contributed by atoms with Gasteiger partial charge in [0.05, 0.1) is 11.0 Å². The molecule has 0 amide bonds. The maximum absolute atomic E-state index is 5.14. The van der Waals surface area contributed by atoms with Crippen molar-refractivity contribution in [3.63, 3.8) is 0 Å². The van der Waals surface area contributed by atoms with Crippen molar-refractivity contribution >= 4 is 64.9 Å². The molecule has 10 aromatic carbocycles. The number of hydrogen-bond donors (Lipinski definition) is 0. The summed E-state index contributed by atoms with van der Waals surface area (Å²) in [5.41, 5.74) is 8.78. The molecule has 0 aliphatic rings. The Morgan fingerprint density at radius 2 is 0.772 bits per heavy atom. The van der Waals surface area contributed by atoms with E-state index < -0.39 is 0 Å². The van der Waals surface area contributed by atoms with Gasteiger partial charge in [-0.2, -0.15) is 0 Å². The Morgan fingerprint density at radius 3 is 1.44 bits per heavy atom. The average molecular weight is 725 g/mol. The van der Waals surface area contributed by atoms with Gasteiger partial charge in [0, 0.05) is 44.1 Å². The molecule has 2 aromatic heterocycles. The zero-order chi connectivity index (χ0) is 37.5. The van der Waals surface area contributed by atoms with Crippen LogP contribution in [0.5, 0.6) is 0 Å². The second kappa shape index (κ2) is 12.4. The van der Waals surface area contributed by atoms with Crippen LogP contribution in [0.1, 0.15) is 0 Å². The van der Waals surface area contributed by atoms with E-state index in [-0.39, 0.29) is 0 Å². The molecule has 4 heteroatoms. The van der Waals surface area contributed by atoms with Gasteiger partial charge in [0.15, 0.2) is 17.5 Å². The first-order valence-electron chi connectivity index (χ1n) is 19.4. The van der Waals surface area contributed by atoms with Gasteiger partial charge in [0.1, 0.15) is 0 Å². The molecule has 12 rings (SSSR count). The fourth-order valence-electron chi connectivity index (χ4n) is 9.10. The van der Waals surface area contributed by atoms with E-state index >= 15 is 0 Å². The highest BCUT2D eigenvalue weighted by molar-refractivity contribution is 6.39. The molecule has 0 fully saturated rings. The van der Waals surface area contributed by atoms with Crippen LogP contribution in [0.25, 0.3) is 116 Å². The minimum Gasteiger partial charge on any atom is -0.308 e. The van der Waals surface area contributed by atoms with E-state index in [0.29, 0.717) is 17.5 Å². The van der Waals surface area contributed by atoms with Crippen LogP contribution in [-0.4, -0.2) is 19.5 Å². The number of benzene rings is 10. The Hall–Kier alpha value is -7.69. The first-order chi connectivity index (χ1) is 28.3. The summed E-state index contributed by atoms with van der Waals surface area (Å²) in [6.45, 7) is 0. The summed E-state index contributed by atoms with van der Waals surface area (Å²) in [4.78, 5) is 15.2. The molecule has 0 saturated carbocycles. The van der Waals surface area contributed by atoms with Crippen molar-refractivity contribution in [3.05, 3.63) is 194 Å². The van der Waals surface area contributed by atoms with Gasteiger partial charge >= 0.3 is 0 Å². The summed E-state index contributed by atoms with van der Waals surface area (Å²) in [5.74, 6) is 1.94. The smallest absolute Gasteiger partial charge is 0.164 e. The molecule has 0 bridgehead atoms. The highest BCUT2D eigenvalue weighted by atomic mass is 15.0. The maximum atomic E-state index is 5.14. The van der Waals surface area contributed by atoms with Crippen molar-refractivity contribution in [1.82, 2.24) is 19.5 Å². The van der Waals surface area contributed by atoms with Crippen LogP contribution >= 0.6 is 0 Å². The largest absolute Gasteiger partial charge is 0.308 e. The summed E-state index contributed by atoms with van der Waals surface area (Å²) in [5, 5.41) is 12.4. The number of hydrogen-bond acceptors (Lipinski definition) is 3. The minimum atomic E-state index is 0.645. The quantitative estimate of drug-likeness (QED) is 0.131. The SMILES string of the molecule is c1ccc(-c2nc(-c3ccccc3)nc(-c3ccc(-c4ccc5c6ccccc6c6cc7ccccc7c7c6c5c4n7-c4ccccc4)c4ccccc34)n2)cc1. The third-order valence-corrected chi connectivity index (χ3v) is 11.6. The zero-order valence-corrected chi connectivity index (χ0v) is 30.8. The molecule has 0 unspecified atom stereocenters. The van der Waals surface area contributed by atoms with E-state index in [1.807, 2.05) is 36.4 Å². The molecule has 0 saturated heterocycles. The monoisotopic (exact) mass is 724 g/mol. The van der Waals surface area contributed by atoms with Crippen LogP contribution in [0.3, 0.4) is 0 Å². The zero-order valence-electron chi connectivity index (χ0n) is 30.8. The van der Waals surface area contributed by atoms with E-state index in [1.165, 1.54) is 59.7 Å². The van der Waals surface area contributed by atoms with E-state index in [2.05, 4.69) is 162 Å². The molecule has 12 aromatic rings. The van der Waals surface area contributed by atoms with Crippen molar-refractivity contribution < 1.29 is 0 Å². The van der Waals surface area contributed by atoms with Gasteiger partial charge in [-0.1, -0.05) is 170 Å². The van der Waals surface area contributed by atoms with Gasteiger partial charge in [-0.15, -0.1) is 0 Å². The van der Waals surface area contributed by atoms with Gasteiger partial charge in [-0.25, -0.2) is 15.0 Å². The predicted molar refractivity (Wildman–Crippen MR) is 237 cm³/mol. The Balaban J connectivity index is 1.19. The van der Waals surface area contributed by atoms with Crippen LogP contribution in [0, 0.1) is 0 Å². The number of para-hydroxylation sites is 1. The molecule has 0 aliphatic carbocycles. The molecule has 0 N–H and O–H groups in total. The summed E-state index contributed by atoms with van der Waals surface area (Å²) in [6.07, 6.45) is 0. The molecule has 0 aliphatic heterocycles. The number of rotatable bonds is 5. The molecule has 264 valence electrons. The van der Waals surface area contributed by atoms with Crippen LogP contribution in [0.4, 0.5) is 0 Å². The minimum absolute atomic E-state index is 0.645. The Morgan fingerprint density at radius 1 is 0.298 bits per heavy atom. The lowest BCUT2D eigenvalue weighted by molar-refractivity contribution is 1.08. The second-order valence-corrected chi connectivity index (χ2v) is 14.7. The molecule has 4 nitrogen and oxygen atoms in total. The summed E-state index contributed by atoms with van der Waals surface area (Å²) >= 11 is 0. The van der Waals surface area contributed by atoms with Crippen molar-refractivity contribution in [2.45, 2.75) is 0 Å². The van der Waals surface area contributed by atoms with Crippen molar-refractivity contribution in [3.8, 4) is 51.0 Å². The summed E-state index contributed by atoms with van der Waals surface area (Å²) < 4.78 is 2.52. The Labute approximate surface area is 328 Å². The van der Waals surface area contributed by atoms with Gasteiger partial charge < -0.3 is 4.57 Å². The molecular formula is C53H32N4. The highest BCUT2D eigenvalue weighted by Crippen LogP contribution is 2.50. The second-order valence-electron chi connectivity index (χ2n) is 14.7. The predicted octanol–water partition coefficient (Wildman–Crippen LogP) is 13.7. The first-order valence-corrected chi connectivity index (χ1v) is 19.4. The fraction of sp³-hybridized carbons (Fsp3) is 0. The van der Waals surface area contributed by atoms with Crippen LogP contribution in [0.2, 0.25) is 0 Å². The molecule has 0 atom stereocenters. The standard InChI is InChI=1S/C53H32N4/c1-4-16-33(17-5-1)51-54-52(34-18-6-2-7-19-34)56-53(55-51)45-31-28-42(38-24-12-14-26-40(38)45)44-30-29-43-39-25-13-15-27-41(39)46-32-35-20-10-11-23-37(35)49-48(46)47(43)50(44)57(49)36-21-8-3-9-22-36/h1-32H. The van der Waals surface area contributed by atoms with Crippen molar-refractivity contribution in [2.24, 2.45) is 0 Å². The van der Waals surface area contributed by atoms with Crippen molar-refractivity contribution in [1.29, 1.82) is 0 Å². The lowest BCUT2D eigenvalue weighted by Gasteiger charge is -2.16. The van der Waals surface area contributed by atoms with Crippen molar-refractivity contribution in [2.75, 3.05) is 0 Å². The normalized spacial score (nSPS) is 11.9. The third-order valence-electron chi connectivity index (χ3n) is 11.6. The highest BCUT2D eigenvalue weighted by Gasteiger charge is 2.25. The van der Waals surface area contributed by atoms with Crippen LogP contribution < -0.4 is 0 Å². The van der Waals surface area contributed by atoms with Gasteiger partial charge in [-0.3, -0.25) is 0 Å². The van der Waals surface area contributed by atoms with E-state index in [0.717, 1.165) is 38.7 Å². The lowest BCUT2D eigenvalue weighted by Crippen LogP contribution is -2.01. The topological polar surface area (TPSA) is 43.6 Å².